The minimum Gasteiger partial charge on any atom is -0.327 e. The zero-order valence-corrected chi connectivity index (χ0v) is 13.7. The maximum atomic E-state index is 13.2. The lowest BCUT2D eigenvalue weighted by molar-refractivity contribution is 0.624. The molecule has 1 atom stereocenters. The highest BCUT2D eigenvalue weighted by Gasteiger charge is 2.07. The molecule has 2 N–H and O–H groups in total. The van der Waals surface area contributed by atoms with Gasteiger partial charge in [-0.15, -0.1) is 0 Å². The van der Waals surface area contributed by atoms with E-state index in [0.29, 0.717) is 0 Å². The van der Waals surface area contributed by atoms with Crippen LogP contribution in [0.15, 0.2) is 56.7 Å². The highest BCUT2D eigenvalue weighted by Crippen LogP contribution is 2.31. The van der Waals surface area contributed by atoms with Crippen LogP contribution in [0.3, 0.4) is 0 Å². The number of hydrogen-bond donors (Lipinski definition) is 1. The Balaban J connectivity index is 2.13. The lowest BCUT2D eigenvalue weighted by atomic mass is 10.1. The molecule has 0 bridgehead atoms. The van der Waals surface area contributed by atoms with Gasteiger partial charge in [-0.3, -0.25) is 0 Å². The Hall–Kier alpha value is -0.840. The van der Waals surface area contributed by atoms with Gasteiger partial charge in [-0.2, -0.15) is 0 Å². The van der Waals surface area contributed by atoms with Crippen LogP contribution in [0.2, 0.25) is 0 Å². The predicted molar refractivity (Wildman–Crippen MR) is 86.6 cm³/mol. The molecule has 0 aliphatic heterocycles. The zero-order chi connectivity index (χ0) is 14.5. The summed E-state index contributed by atoms with van der Waals surface area (Å²) in [4.78, 5) is 1.98. The smallest absolute Gasteiger partial charge is 0.124 e. The zero-order valence-electron chi connectivity index (χ0n) is 11.3. The standard InChI is InChI=1S/C16H17BrFNS/c1-2-13(19)8-11-6-7-15(10-16(11)17)20-14-5-3-4-12(18)9-14/h3-7,9-10,13H,2,8,19H2,1H3. The van der Waals surface area contributed by atoms with Gasteiger partial charge >= 0.3 is 0 Å². The molecule has 0 aliphatic rings. The third kappa shape index (κ3) is 4.33. The van der Waals surface area contributed by atoms with Crippen molar-refractivity contribution in [3.05, 3.63) is 58.3 Å². The maximum absolute atomic E-state index is 13.2. The number of nitrogens with two attached hydrogens (primary N) is 1. The van der Waals surface area contributed by atoms with Crippen molar-refractivity contribution in [2.24, 2.45) is 5.73 Å². The van der Waals surface area contributed by atoms with Crippen LogP contribution in [-0.4, -0.2) is 6.04 Å². The molecule has 20 heavy (non-hydrogen) atoms. The summed E-state index contributed by atoms with van der Waals surface area (Å²) in [6.07, 6.45) is 1.83. The molecule has 0 saturated heterocycles. The van der Waals surface area contributed by atoms with Crippen molar-refractivity contribution < 1.29 is 4.39 Å². The fraction of sp³-hybridized carbons (Fsp3) is 0.250. The van der Waals surface area contributed by atoms with Crippen molar-refractivity contribution in [2.75, 3.05) is 0 Å². The van der Waals surface area contributed by atoms with Crippen molar-refractivity contribution in [3.8, 4) is 0 Å². The average molecular weight is 354 g/mol. The van der Waals surface area contributed by atoms with Gasteiger partial charge in [0.2, 0.25) is 0 Å². The van der Waals surface area contributed by atoms with Crippen LogP contribution in [0.5, 0.6) is 0 Å². The molecule has 0 saturated carbocycles. The molecule has 0 radical (unpaired) electrons. The van der Waals surface area contributed by atoms with Gasteiger partial charge in [-0.25, -0.2) is 4.39 Å². The second-order valence-corrected chi connectivity index (χ2v) is 6.69. The lowest BCUT2D eigenvalue weighted by Crippen LogP contribution is -2.21. The molecule has 1 nitrogen and oxygen atoms in total. The molecule has 1 unspecified atom stereocenters. The quantitative estimate of drug-likeness (QED) is 0.816. The highest BCUT2D eigenvalue weighted by molar-refractivity contribution is 9.10. The molecular weight excluding hydrogens is 337 g/mol. The van der Waals surface area contributed by atoms with E-state index in [1.807, 2.05) is 6.07 Å². The van der Waals surface area contributed by atoms with Crippen molar-refractivity contribution in [2.45, 2.75) is 35.6 Å². The summed E-state index contributed by atoms with van der Waals surface area (Å²) < 4.78 is 14.2. The van der Waals surface area contributed by atoms with E-state index < -0.39 is 0 Å². The van der Waals surface area contributed by atoms with Crippen molar-refractivity contribution in [1.82, 2.24) is 0 Å². The van der Waals surface area contributed by atoms with Gasteiger partial charge in [0.25, 0.3) is 0 Å². The normalized spacial score (nSPS) is 12.4. The first kappa shape index (κ1) is 15.5. The Morgan fingerprint density at radius 2 is 1.95 bits per heavy atom. The van der Waals surface area contributed by atoms with E-state index in [0.717, 1.165) is 27.1 Å². The number of halogens is 2. The fourth-order valence-corrected chi connectivity index (χ4v) is 3.45. The van der Waals surface area contributed by atoms with Crippen LogP contribution in [0.1, 0.15) is 18.9 Å². The SMILES string of the molecule is CCC(N)Cc1ccc(Sc2cccc(F)c2)cc1Br. The first-order chi connectivity index (χ1) is 9.58. The molecular formula is C16H17BrFNS. The number of benzene rings is 2. The largest absolute Gasteiger partial charge is 0.327 e. The monoisotopic (exact) mass is 353 g/mol. The molecule has 0 fully saturated rings. The first-order valence-electron chi connectivity index (χ1n) is 6.56. The van der Waals surface area contributed by atoms with Crippen molar-refractivity contribution in [1.29, 1.82) is 0 Å². The van der Waals surface area contributed by atoms with Crippen LogP contribution in [-0.2, 0) is 6.42 Å². The van der Waals surface area contributed by atoms with E-state index in [1.54, 1.807) is 23.9 Å². The second-order valence-electron chi connectivity index (χ2n) is 4.69. The van der Waals surface area contributed by atoms with E-state index >= 15 is 0 Å². The fourth-order valence-electron chi connectivity index (χ4n) is 1.85. The Labute approximate surface area is 131 Å². The minimum atomic E-state index is -0.209. The van der Waals surface area contributed by atoms with E-state index in [4.69, 9.17) is 5.73 Å². The highest BCUT2D eigenvalue weighted by atomic mass is 79.9. The summed E-state index contributed by atoms with van der Waals surface area (Å²) in [5.74, 6) is -0.209. The Kier molecular flexibility index (Phi) is 5.64. The van der Waals surface area contributed by atoms with Crippen LogP contribution in [0.25, 0.3) is 0 Å². The summed E-state index contributed by atoms with van der Waals surface area (Å²) in [5.41, 5.74) is 7.20. The van der Waals surface area contributed by atoms with E-state index in [-0.39, 0.29) is 11.9 Å². The summed E-state index contributed by atoms with van der Waals surface area (Å²) in [6.45, 7) is 2.09. The van der Waals surface area contributed by atoms with Crippen LogP contribution < -0.4 is 5.73 Å². The van der Waals surface area contributed by atoms with Crippen molar-refractivity contribution >= 4 is 27.7 Å². The molecule has 2 rings (SSSR count). The van der Waals surface area contributed by atoms with E-state index in [9.17, 15) is 4.39 Å². The van der Waals surface area contributed by atoms with Crippen LogP contribution >= 0.6 is 27.7 Å². The summed E-state index contributed by atoms with van der Waals surface area (Å²) in [5, 5.41) is 0. The molecule has 2 aromatic carbocycles. The molecule has 0 heterocycles. The predicted octanol–water partition coefficient (Wildman–Crippen LogP) is 5.02. The van der Waals surface area contributed by atoms with E-state index in [1.165, 1.54) is 11.6 Å². The third-order valence-electron chi connectivity index (χ3n) is 3.06. The molecule has 4 heteroatoms. The first-order valence-corrected chi connectivity index (χ1v) is 8.17. The third-order valence-corrected chi connectivity index (χ3v) is 4.78. The van der Waals surface area contributed by atoms with Gasteiger partial charge in [-0.1, -0.05) is 46.7 Å². The lowest BCUT2D eigenvalue weighted by Gasteiger charge is -2.11. The minimum absolute atomic E-state index is 0.188. The Morgan fingerprint density at radius 1 is 1.20 bits per heavy atom. The van der Waals surface area contributed by atoms with Gasteiger partial charge in [0, 0.05) is 20.3 Å². The van der Waals surface area contributed by atoms with Gasteiger partial charge < -0.3 is 5.73 Å². The van der Waals surface area contributed by atoms with Gasteiger partial charge in [0.05, 0.1) is 0 Å². The maximum Gasteiger partial charge on any atom is 0.124 e. The van der Waals surface area contributed by atoms with Gasteiger partial charge in [0.15, 0.2) is 0 Å². The van der Waals surface area contributed by atoms with Crippen LogP contribution in [0.4, 0.5) is 4.39 Å². The average Bonchev–Trinajstić information content (AvgIpc) is 2.41. The Bertz CT molecular complexity index is 588. The summed E-state index contributed by atoms with van der Waals surface area (Å²) >= 11 is 5.14. The van der Waals surface area contributed by atoms with Gasteiger partial charge in [-0.05, 0) is 48.7 Å². The van der Waals surface area contributed by atoms with Gasteiger partial charge in [0.1, 0.15) is 5.82 Å². The molecule has 0 aromatic heterocycles. The molecule has 0 amide bonds. The van der Waals surface area contributed by atoms with Crippen molar-refractivity contribution in [3.63, 3.8) is 0 Å². The molecule has 0 spiro atoms. The Morgan fingerprint density at radius 3 is 2.60 bits per heavy atom. The number of rotatable bonds is 5. The molecule has 2 aromatic rings. The summed E-state index contributed by atoms with van der Waals surface area (Å²) in [7, 11) is 0. The molecule has 106 valence electrons. The number of hydrogen-bond acceptors (Lipinski definition) is 2. The van der Waals surface area contributed by atoms with Crippen LogP contribution in [0, 0.1) is 5.82 Å². The summed E-state index contributed by atoms with van der Waals surface area (Å²) in [6, 6.07) is 13.0. The topological polar surface area (TPSA) is 26.0 Å². The second kappa shape index (κ2) is 7.25. The van der Waals surface area contributed by atoms with E-state index in [2.05, 4.69) is 41.1 Å². The molecule has 0 aliphatic carbocycles.